The highest BCUT2D eigenvalue weighted by atomic mass is 19.2. The predicted molar refractivity (Wildman–Crippen MR) is 71.7 cm³/mol. The number of aryl methyl sites for hydroxylation is 1. The summed E-state index contributed by atoms with van der Waals surface area (Å²) in [5.74, 6) is -0.394. The summed E-state index contributed by atoms with van der Waals surface area (Å²) in [6.45, 7) is 4.81. The summed E-state index contributed by atoms with van der Waals surface area (Å²) in [5.41, 5.74) is 7.09. The van der Waals surface area contributed by atoms with Crippen molar-refractivity contribution in [2.24, 2.45) is 0 Å². The molecule has 0 spiro atoms. The van der Waals surface area contributed by atoms with Crippen LogP contribution in [-0.4, -0.2) is 9.55 Å². The van der Waals surface area contributed by atoms with Gasteiger partial charge < -0.3 is 10.3 Å². The van der Waals surface area contributed by atoms with Gasteiger partial charge in [-0.25, -0.2) is 13.8 Å². The Hall–Kier alpha value is -1.91. The van der Waals surface area contributed by atoms with Crippen LogP contribution in [0.25, 0.3) is 11.3 Å². The third-order valence-electron chi connectivity index (χ3n) is 3.04. The Morgan fingerprint density at radius 2 is 1.95 bits per heavy atom. The molecule has 5 heteroatoms. The number of aromatic nitrogens is 2. The molecular weight excluding hydrogens is 248 g/mol. The van der Waals surface area contributed by atoms with Crippen molar-refractivity contribution in [2.75, 3.05) is 5.73 Å². The number of hydrogen-bond acceptors (Lipinski definition) is 2. The molecule has 0 aliphatic rings. The molecule has 1 aromatic carbocycles. The first kappa shape index (κ1) is 13.5. The summed E-state index contributed by atoms with van der Waals surface area (Å²) in [5, 5.41) is 0. The van der Waals surface area contributed by atoms with Gasteiger partial charge in [0.15, 0.2) is 11.6 Å². The highest BCUT2D eigenvalue weighted by Crippen LogP contribution is 2.28. The van der Waals surface area contributed by atoms with Crippen molar-refractivity contribution in [1.29, 1.82) is 0 Å². The second-order valence-corrected chi connectivity index (χ2v) is 4.40. The molecule has 0 saturated carbocycles. The maximum absolute atomic E-state index is 13.3. The highest BCUT2D eigenvalue weighted by Gasteiger charge is 2.15. The maximum Gasteiger partial charge on any atom is 0.159 e. The smallest absolute Gasteiger partial charge is 0.159 e. The van der Waals surface area contributed by atoms with Crippen molar-refractivity contribution >= 4 is 5.82 Å². The van der Waals surface area contributed by atoms with E-state index in [-0.39, 0.29) is 0 Å². The van der Waals surface area contributed by atoms with Crippen LogP contribution in [0.3, 0.4) is 0 Å². The third-order valence-corrected chi connectivity index (χ3v) is 3.04. The Morgan fingerprint density at radius 3 is 2.53 bits per heavy atom. The molecule has 2 aromatic rings. The van der Waals surface area contributed by atoms with Crippen LogP contribution >= 0.6 is 0 Å². The summed E-state index contributed by atoms with van der Waals surface area (Å²) in [4.78, 5) is 4.44. The van der Waals surface area contributed by atoms with Crippen LogP contribution in [0.5, 0.6) is 0 Å². The minimum Gasteiger partial charge on any atom is -0.383 e. The fourth-order valence-electron chi connectivity index (χ4n) is 2.11. The SMILES string of the molecule is CCCn1c(CC)nc(-c2ccc(F)c(F)c2)c1N. The van der Waals surface area contributed by atoms with Crippen molar-refractivity contribution in [3.63, 3.8) is 0 Å². The standard InChI is InChI=1S/C14H17F2N3/c1-3-7-19-12(4-2)18-13(14(19)17)9-5-6-10(15)11(16)8-9/h5-6,8H,3-4,7,17H2,1-2H3. The van der Waals surface area contributed by atoms with Crippen LogP contribution in [-0.2, 0) is 13.0 Å². The molecule has 0 bridgehead atoms. The van der Waals surface area contributed by atoms with Crippen molar-refractivity contribution in [3.8, 4) is 11.3 Å². The summed E-state index contributed by atoms with van der Waals surface area (Å²) < 4.78 is 28.2. The number of nitrogens with zero attached hydrogens (tertiary/aromatic N) is 2. The number of benzene rings is 1. The van der Waals surface area contributed by atoms with E-state index >= 15 is 0 Å². The minimum atomic E-state index is -0.889. The number of rotatable bonds is 4. The zero-order valence-corrected chi connectivity index (χ0v) is 11.1. The van der Waals surface area contributed by atoms with E-state index in [0.29, 0.717) is 17.1 Å². The van der Waals surface area contributed by atoms with E-state index in [0.717, 1.165) is 37.3 Å². The van der Waals surface area contributed by atoms with Gasteiger partial charge in [0.05, 0.1) is 0 Å². The molecule has 0 fully saturated rings. The quantitative estimate of drug-likeness (QED) is 0.921. The van der Waals surface area contributed by atoms with E-state index in [2.05, 4.69) is 11.9 Å². The number of imidazole rings is 1. The number of hydrogen-bond donors (Lipinski definition) is 1. The van der Waals surface area contributed by atoms with Crippen LogP contribution in [0, 0.1) is 11.6 Å². The van der Waals surface area contributed by atoms with Crippen LogP contribution in [0.4, 0.5) is 14.6 Å². The maximum atomic E-state index is 13.3. The first-order valence-corrected chi connectivity index (χ1v) is 6.38. The zero-order chi connectivity index (χ0) is 14.0. The zero-order valence-electron chi connectivity index (χ0n) is 11.1. The molecule has 0 saturated heterocycles. The predicted octanol–water partition coefficient (Wildman–Crippen LogP) is 3.38. The van der Waals surface area contributed by atoms with E-state index in [4.69, 9.17) is 5.73 Å². The van der Waals surface area contributed by atoms with Crippen molar-refractivity contribution in [3.05, 3.63) is 35.7 Å². The highest BCUT2D eigenvalue weighted by molar-refractivity contribution is 5.71. The van der Waals surface area contributed by atoms with E-state index < -0.39 is 11.6 Å². The topological polar surface area (TPSA) is 43.8 Å². The molecular formula is C14H17F2N3. The summed E-state index contributed by atoms with van der Waals surface area (Å²) in [6.07, 6.45) is 1.68. The Labute approximate surface area is 111 Å². The number of halogens is 2. The van der Waals surface area contributed by atoms with Crippen LogP contribution in [0.2, 0.25) is 0 Å². The van der Waals surface area contributed by atoms with Crippen LogP contribution in [0.15, 0.2) is 18.2 Å². The van der Waals surface area contributed by atoms with Gasteiger partial charge in [0.2, 0.25) is 0 Å². The molecule has 19 heavy (non-hydrogen) atoms. The number of anilines is 1. The van der Waals surface area contributed by atoms with Crippen LogP contribution < -0.4 is 5.73 Å². The largest absolute Gasteiger partial charge is 0.383 e. The molecule has 0 aliphatic heterocycles. The van der Waals surface area contributed by atoms with Gasteiger partial charge in [-0.1, -0.05) is 13.8 Å². The lowest BCUT2D eigenvalue weighted by Gasteiger charge is -2.06. The van der Waals surface area contributed by atoms with Gasteiger partial charge in [0.25, 0.3) is 0 Å². The first-order chi connectivity index (χ1) is 9.08. The van der Waals surface area contributed by atoms with Gasteiger partial charge in [0.1, 0.15) is 17.3 Å². The summed E-state index contributed by atoms with van der Waals surface area (Å²) in [7, 11) is 0. The molecule has 0 unspecified atom stereocenters. The molecule has 0 amide bonds. The molecule has 0 atom stereocenters. The molecule has 2 rings (SSSR count). The second-order valence-electron chi connectivity index (χ2n) is 4.40. The molecule has 1 aromatic heterocycles. The summed E-state index contributed by atoms with van der Waals surface area (Å²) in [6, 6.07) is 3.71. The normalized spacial score (nSPS) is 10.9. The third kappa shape index (κ3) is 2.45. The van der Waals surface area contributed by atoms with Gasteiger partial charge in [-0.05, 0) is 24.6 Å². The first-order valence-electron chi connectivity index (χ1n) is 6.38. The summed E-state index contributed by atoms with van der Waals surface area (Å²) >= 11 is 0. The van der Waals surface area contributed by atoms with Gasteiger partial charge in [0, 0.05) is 18.5 Å². The Balaban J connectivity index is 2.52. The molecule has 0 aliphatic carbocycles. The van der Waals surface area contributed by atoms with Gasteiger partial charge >= 0.3 is 0 Å². The average Bonchev–Trinajstić information content (AvgIpc) is 2.71. The van der Waals surface area contributed by atoms with Gasteiger partial charge in [-0.2, -0.15) is 0 Å². The lowest BCUT2D eigenvalue weighted by atomic mass is 10.1. The molecule has 1 heterocycles. The Kier molecular flexibility index (Phi) is 3.83. The van der Waals surface area contributed by atoms with Gasteiger partial charge in [-0.3, -0.25) is 0 Å². The molecule has 102 valence electrons. The van der Waals surface area contributed by atoms with E-state index in [9.17, 15) is 8.78 Å². The molecule has 3 nitrogen and oxygen atoms in total. The van der Waals surface area contributed by atoms with Crippen molar-refractivity contribution < 1.29 is 8.78 Å². The number of nitrogens with two attached hydrogens (primary N) is 1. The second kappa shape index (κ2) is 5.38. The minimum absolute atomic E-state index is 0.501. The van der Waals surface area contributed by atoms with E-state index in [1.54, 1.807) is 0 Å². The monoisotopic (exact) mass is 265 g/mol. The van der Waals surface area contributed by atoms with Crippen LogP contribution in [0.1, 0.15) is 26.1 Å². The Bertz CT molecular complexity index is 591. The molecule has 0 radical (unpaired) electrons. The average molecular weight is 265 g/mol. The number of nitrogen functional groups attached to an aromatic ring is 1. The fraction of sp³-hybridized carbons (Fsp3) is 0.357. The van der Waals surface area contributed by atoms with Crippen molar-refractivity contribution in [2.45, 2.75) is 33.2 Å². The van der Waals surface area contributed by atoms with E-state index in [1.165, 1.54) is 6.07 Å². The van der Waals surface area contributed by atoms with Gasteiger partial charge in [-0.15, -0.1) is 0 Å². The lowest BCUT2D eigenvalue weighted by Crippen LogP contribution is -2.06. The fourth-order valence-corrected chi connectivity index (χ4v) is 2.11. The lowest BCUT2D eigenvalue weighted by molar-refractivity contribution is 0.509. The molecule has 2 N–H and O–H groups in total. The Morgan fingerprint density at radius 1 is 1.21 bits per heavy atom. The van der Waals surface area contributed by atoms with E-state index in [1.807, 2.05) is 11.5 Å². The van der Waals surface area contributed by atoms with Crippen molar-refractivity contribution in [1.82, 2.24) is 9.55 Å².